The molecule has 0 radical (unpaired) electrons. The second kappa shape index (κ2) is 5.17. The number of hydrogen-bond donors (Lipinski definition) is 1. The van der Waals surface area contributed by atoms with Crippen molar-refractivity contribution in [1.29, 1.82) is 0 Å². The summed E-state index contributed by atoms with van der Waals surface area (Å²) in [4.78, 5) is 25.5. The molecule has 4 aromatic rings. The van der Waals surface area contributed by atoms with Gasteiger partial charge in [-0.15, -0.1) is 0 Å². The largest absolute Gasteiger partial charge is 0.313 e. The van der Waals surface area contributed by atoms with Gasteiger partial charge in [-0.25, -0.2) is 4.98 Å². The van der Waals surface area contributed by atoms with Crippen molar-refractivity contribution in [3.05, 3.63) is 60.4 Å². The van der Waals surface area contributed by atoms with E-state index in [9.17, 15) is 4.79 Å². The number of carbonyl (C=O) groups excluding carboxylic acids is 1. The number of imidazole rings is 1. The lowest BCUT2D eigenvalue weighted by Gasteiger charge is -2.04. The van der Waals surface area contributed by atoms with Gasteiger partial charge < -0.3 is 4.57 Å². The predicted octanol–water partition coefficient (Wildman–Crippen LogP) is 2.77. The van der Waals surface area contributed by atoms with Crippen molar-refractivity contribution >= 4 is 33.9 Å². The van der Waals surface area contributed by atoms with Crippen LogP contribution in [0.4, 0.5) is 5.95 Å². The smallest absolute Gasteiger partial charge is 0.257 e. The number of benzene rings is 2. The molecule has 0 unspecified atom stereocenters. The molecule has 23 heavy (non-hydrogen) atoms. The Morgan fingerprint density at radius 1 is 1.00 bits per heavy atom. The standard InChI is InChI=1S/C17H13N5O/c1-22-13-8-7-12-14(19-10-9-18-12)15(13)20-17(22)21-16(23)11-5-3-2-4-6-11/h2-10H,1H3,(H,20,21,23). The van der Waals surface area contributed by atoms with Crippen molar-refractivity contribution in [2.75, 3.05) is 5.32 Å². The minimum atomic E-state index is -0.195. The number of rotatable bonds is 2. The van der Waals surface area contributed by atoms with Gasteiger partial charge in [0.2, 0.25) is 5.95 Å². The maximum Gasteiger partial charge on any atom is 0.257 e. The quantitative estimate of drug-likeness (QED) is 0.618. The zero-order valence-corrected chi connectivity index (χ0v) is 12.4. The third kappa shape index (κ3) is 2.20. The Balaban J connectivity index is 1.80. The van der Waals surface area contributed by atoms with Crippen molar-refractivity contribution in [2.45, 2.75) is 0 Å². The maximum absolute atomic E-state index is 12.3. The molecule has 2 aromatic carbocycles. The number of aromatic nitrogens is 4. The van der Waals surface area contributed by atoms with Crippen molar-refractivity contribution in [1.82, 2.24) is 19.5 Å². The first kappa shape index (κ1) is 13.4. The molecule has 0 saturated carbocycles. The molecule has 4 rings (SSSR count). The van der Waals surface area contributed by atoms with Gasteiger partial charge >= 0.3 is 0 Å². The van der Waals surface area contributed by atoms with Crippen LogP contribution < -0.4 is 5.32 Å². The van der Waals surface area contributed by atoms with Crippen molar-refractivity contribution in [3.8, 4) is 0 Å². The van der Waals surface area contributed by atoms with E-state index in [1.165, 1.54) is 0 Å². The first-order valence-corrected chi connectivity index (χ1v) is 7.16. The first-order valence-electron chi connectivity index (χ1n) is 7.16. The average Bonchev–Trinajstić information content (AvgIpc) is 2.92. The molecule has 0 saturated heterocycles. The fourth-order valence-electron chi connectivity index (χ4n) is 2.56. The molecule has 6 nitrogen and oxygen atoms in total. The van der Waals surface area contributed by atoms with Gasteiger partial charge in [-0.2, -0.15) is 0 Å². The highest BCUT2D eigenvalue weighted by Crippen LogP contribution is 2.24. The molecule has 0 atom stereocenters. The van der Waals surface area contributed by atoms with Crippen LogP contribution in [0.3, 0.4) is 0 Å². The van der Waals surface area contributed by atoms with Crippen LogP contribution in [0.5, 0.6) is 0 Å². The van der Waals surface area contributed by atoms with Crippen molar-refractivity contribution in [3.63, 3.8) is 0 Å². The molecule has 1 N–H and O–H groups in total. The maximum atomic E-state index is 12.3. The van der Waals surface area contributed by atoms with Crippen LogP contribution >= 0.6 is 0 Å². The fourth-order valence-corrected chi connectivity index (χ4v) is 2.56. The molecule has 0 bridgehead atoms. The normalized spacial score (nSPS) is 11.0. The average molecular weight is 303 g/mol. The lowest BCUT2D eigenvalue weighted by Crippen LogP contribution is -2.14. The molecule has 0 spiro atoms. The molecule has 2 heterocycles. The second-order valence-electron chi connectivity index (χ2n) is 5.17. The SMILES string of the molecule is Cn1c(NC(=O)c2ccccc2)nc2c3nccnc3ccc21. The van der Waals surface area contributed by atoms with E-state index in [-0.39, 0.29) is 5.91 Å². The molecule has 0 aliphatic heterocycles. The summed E-state index contributed by atoms with van der Waals surface area (Å²) in [6.07, 6.45) is 3.29. The number of fused-ring (bicyclic) bond motifs is 3. The highest BCUT2D eigenvalue weighted by molar-refractivity contribution is 6.06. The Morgan fingerprint density at radius 3 is 2.61 bits per heavy atom. The Labute approximate surface area is 131 Å². The van der Waals surface area contributed by atoms with Gasteiger partial charge in [-0.05, 0) is 24.3 Å². The molecule has 0 aliphatic rings. The van der Waals surface area contributed by atoms with E-state index in [1.54, 1.807) is 24.5 Å². The molecule has 6 heteroatoms. The van der Waals surface area contributed by atoms with Gasteiger partial charge in [-0.3, -0.25) is 20.1 Å². The number of anilines is 1. The molecule has 1 amide bonds. The van der Waals surface area contributed by atoms with Crippen LogP contribution in [0.15, 0.2) is 54.9 Å². The molecular formula is C17H13N5O. The van der Waals surface area contributed by atoms with Crippen LogP contribution in [0.1, 0.15) is 10.4 Å². The third-order valence-corrected chi connectivity index (χ3v) is 3.75. The lowest BCUT2D eigenvalue weighted by atomic mass is 10.2. The van der Waals surface area contributed by atoms with E-state index >= 15 is 0 Å². The number of amides is 1. The summed E-state index contributed by atoms with van der Waals surface area (Å²) in [6, 6.07) is 12.9. The zero-order chi connectivity index (χ0) is 15.8. The fraction of sp³-hybridized carbons (Fsp3) is 0.0588. The summed E-state index contributed by atoms with van der Waals surface area (Å²) in [5, 5.41) is 2.85. The predicted molar refractivity (Wildman–Crippen MR) is 88.2 cm³/mol. The molecular weight excluding hydrogens is 290 g/mol. The molecule has 0 fully saturated rings. The summed E-state index contributed by atoms with van der Waals surface area (Å²) >= 11 is 0. The van der Waals surface area contributed by atoms with Gasteiger partial charge in [0.05, 0.1) is 11.0 Å². The minimum Gasteiger partial charge on any atom is -0.313 e. The van der Waals surface area contributed by atoms with E-state index in [4.69, 9.17) is 0 Å². The molecule has 2 aromatic heterocycles. The Kier molecular flexibility index (Phi) is 3.01. The zero-order valence-electron chi connectivity index (χ0n) is 12.4. The Hall–Kier alpha value is -3.28. The van der Waals surface area contributed by atoms with Gasteiger partial charge in [-0.1, -0.05) is 18.2 Å². The van der Waals surface area contributed by atoms with E-state index in [0.29, 0.717) is 11.5 Å². The van der Waals surface area contributed by atoms with Gasteiger partial charge in [0.15, 0.2) is 0 Å². The lowest BCUT2D eigenvalue weighted by molar-refractivity contribution is 0.102. The topological polar surface area (TPSA) is 72.7 Å². The van der Waals surface area contributed by atoms with Gasteiger partial charge in [0.25, 0.3) is 5.91 Å². The second-order valence-corrected chi connectivity index (χ2v) is 5.17. The van der Waals surface area contributed by atoms with E-state index < -0.39 is 0 Å². The van der Waals surface area contributed by atoms with E-state index in [0.717, 1.165) is 22.1 Å². The summed E-state index contributed by atoms with van der Waals surface area (Å²) in [7, 11) is 1.86. The number of carbonyl (C=O) groups is 1. The minimum absolute atomic E-state index is 0.195. The van der Waals surface area contributed by atoms with Gasteiger partial charge in [0, 0.05) is 25.0 Å². The van der Waals surface area contributed by atoms with E-state index in [2.05, 4.69) is 20.3 Å². The monoisotopic (exact) mass is 303 g/mol. The highest BCUT2D eigenvalue weighted by atomic mass is 16.1. The van der Waals surface area contributed by atoms with Crippen LogP contribution in [-0.4, -0.2) is 25.4 Å². The first-order chi connectivity index (χ1) is 11.2. The number of aryl methyl sites for hydroxylation is 1. The van der Waals surface area contributed by atoms with Crippen molar-refractivity contribution in [2.24, 2.45) is 7.05 Å². The Morgan fingerprint density at radius 2 is 1.78 bits per heavy atom. The number of nitrogens with zero attached hydrogens (tertiary/aromatic N) is 4. The van der Waals surface area contributed by atoms with E-state index in [1.807, 2.05) is 41.9 Å². The summed E-state index contributed by atoms with van der Waals surface area (Å²) in [6.45, 7) is 0. The van der Waals surface area contributed by atoms with Crippen LogP contribution in [0.2, 0.25) is 0 Å². The van der Waals surface area contributed by atoms with Crippen molar-refractivity contribution < 1.29 is 4.79 Å². The Bertz CT molecular complexity index is 1020. The van der Waals surface area contributed by atoms with Gasteiger partial charge in [0.1, 0.15) is 11.0 Å². The summed E-state index contributed by atoms with van der Waals surface area (Å²) < 4.78 is 1.84. The number of nitrogens with one attached hydrogen (secondary N) is 1. The van der Waals surface area contributed by atoms with Crippen LogP contribution in [-0.2, 0) is 7.05 Å². The van der Waals surface area contributed by atoms with Crippen LogP contribution in [0, 0.1) is 0 Å². The molecule has 112 valence electrons. The number of hydrogen-bond acceptors (Lipinski definition) is 4. The third-order valence-electron chi connectivity index (χ3n) is 3.75. The summed E-state index contributed by atoms with van der Waals surface area (Å²) in [5.74, 6) is 0.284. The summed E-state index contributed by atoms with van der Waals surface area (Å²) in [5.41, 5.74) is 3.70. The molecule has 0 aliphatic carbocycles. The highest BCUT2D eigenvalue weighted by Gasteiger charge is 2.14. The van der Waals surface area contributed by atoms with Crippen LogP contribution in [0.25, 0.3) is 22.1 Å².